The smallest absolute Gasteiger partial charge is 0.339 e. The second kappa shape index (κ2) is 7.31. The number of carboxylic acids is 1. The SMILES string of the molecule is Cc1cc(C)cc(OCCOc2ccc(Br)cc2C(=O)O)c1. The van der Waals surface area contributed by atoms with Gasteiger partial charge in [0.05, 0.1) is 0 Å². The third-order valence-corrected chi connectivity index (χ3v) is 3.47. The zero-order valence-corrected chi connectivity index (χ0v) is 14.0. The van der Waals surface area contributed by atoms with Crippen LogP contribution in [-0.4, -0.2) is 24.3 Å². The Balaban J connectivity index is 1.93. The van der Waals surface area contributed by atoms with E-state index in [9.17, 15) is 4.79 Å². The first-order valence-corrected chi connectivity index (χ1v) is 7.62. The summed E-state index contributed by atoms with van der Waals surface area (Å²) in [5.74, 6) is 0.0987. The first-order valence-electron chi connectivity index (χ1n) is 6.82. The Morgan fingerprint density at radius 1 is 1.05 bits per heavy atom. The predicted octanol–water partition coefficient (Wildman–Crippen LogP) is 4.22. The van der Waals surface area contributed by atoms with Crippen molar-refractivity contribution in [2.75, 3.05) is 13.2 Å². The number of halogens is 1. The molecule has 0 bridgehead atoms. The highest BCUT2D eigenvalue weighted by Gasteiger charge is 2.11. The number of aryl methyl sites for hydroxylation is 2. The van der Waals surface area contributed by atoms with Gasteiger partial charge in [-0.1, -0.05) is 22.0 Å². The maximum absolute atomic E-state index is 11.2. The molecule has 0 saturated heterocycles. The van der Waals surface area contributed by atoms with Gasteiger partial charge in [-0.05, 0) is 55.3 Å². The van der Waals surface area contributed by atoms with E-state index in [1.54, 1.807) is 12.1 Å². The molecule has 0 fully saturated rings. The standard InChI is InChI=1S/C17H17BrO4/c1-11-7-12(2)9-14(8-11)21-5-6-22-16-4-3-13(18)10-15(16)17(19)20/h3-4,7-10H,5-6H2,1-2H3,(H,19,20). The highest BCUT2D eigenvalue weighted by molar-refractivity contribution is 9.10. The normalized spacial score (nSPS) is 10.3. The molecule has 2 rings (SSSR count). The Hall–Kier alpha value is -2.01. The van der Waals surface area contributed by atoms with Crippen molar-refractivity contribution in [2.24, 2.45) is 0 Å². The molecule has 0 radical (unpaired) electrons. The average Bonchev–Trinajstić information content (AvgIpc) is 2.43. The van der Waals surface area contributed by atoms with Crippen LogP contribution in [0.15, 0.2) is 40.9 Å². The number of carbonyl (C=O) groups is 1. The highest BCUT2D eigenvalue weighted by Crippen LogP contribution is 2.23. The van der Waals surface area contributed by atoms with Crippen LogP contribution in [0, 0.1) is 13.8 Å². The summed E-state index contributed by atoms with van der Waals surface area (Å²) in [6.45, 7) is 4.64. The zero-order valence-electron chi connectivity index (χ0n) is 12.4. The Kier molecular flexibility index (Phi) is 5.44. The molecule has 0 saturated carbocycles. The molecular formula is C17H17BrO4. The quantitative estimate of drug-likeness (QED) is 0.779. The molecule has 0 spiro atoms. The predicted molar refractivity (Wildman–Crippen MR) is 88.0 cm³/mol. The molecule has 0 atom stereocenters. The monoisotopic (exact) mass is 364 g/mol. The van der Waals surface area contributed by atoms with Gasteiger partial charge in [0.15, 0.2) is 0 Å². The minimum atomic E-state index is -1.02. The number of carboxylic acid groups (broad SMARTS) is 1. The summed E-state index contributed by atoms with van der Waals surface area (Å²) in [5, 5.41) is 9.15. The molecule has 116 valence electrons. The largest absolute Gasteiger partial charge is 0.490 e. The van der Waals surface area contributed by atoms with Gasteiger partial charge in [0.2, 0.25) is 0 Å². The summed E-state index contributed by atoms with van der Waals surface area (Å²) >= 11 is 3.25. The van der Waals surface area contributed by atoms with Gasteiger partial charge in [0.25, 0.3) is 0 Å². The van der Waals surface area contributed by atoms with Crippen LogP contribution in [0.1, 0.15) is 21.5 Å². The second-order valence-corrected chi connectivity index (χ2v) is 5.88. The molecule has 0 aliphatic carbocycles. The van der Waals surface area contributed by atoms with E-state index in [1.165, 1.54) is 6.07 Å². The Morgan fingerprint density at radius 3 is 2.32 bits per heavy atom. The molecular weight excluding hydrogens is 348 g/mol. The van der Waals surface area contributed by atoms with Crippen molar-refractivity contribution in [2.45, 2.75) is 13.8 Å². The van der Waals surface area contributed by atoms with Crippen LogP contribution in [-0.2, 0) is 0 Å². The number of aromatic carboxylic acids is 1. The van der Waals surface area contributed by atoms with Crippen molar-refractivity contribution in [3.63, 3.8) is 0 Å². The van der Waals surface area contributed by atoms with Gasteiger partial charge in [0.1, 0.15) is 30.3 Å². The van der Waals surface area contributed by atoms with Gasteiger partial charge >= 0.3 is 5.97 Å². The van der Waals surface area contributed by atoms with Crippen LogP contribution in [0.4, 0.5) is 0 Å². The van der Waals surface area contributed by atoms with Gasteiger partial charge in [0, 0.05) is 4.47 Å². The van der Waals surface area contributed by atoms with E-state index in [4.69, 9.17) is 14.6 Å². The van der Waals surface area contributed by atoms with E-state index >= 15 is 0 Å². The fourth-order valence-electron chi connectivity index (χ4n) is 2.12. The van der Waals surface area contributed by atoms with Crippen molar-refractivity contribution >= 4 is 21.9 Å². The van der Waals surface area contributed by atoms with Crippen molar-refractivity contribution in [1.82, 2.24) is 0 Å². The van der Waals surface area contributed by atoms with Crippen LogP contribution in [0.2, 0.25) is 0 Å². The molecule has 0 unspecified atom stereocenters. The molecule has 0 amide bonds. The van der Waals surface area contributed by atoms with Gasteiger partial charge < -0.3 is 14.6 Å². The summed E-state index contributed by atoms with van der Waals surface area (Å²) in [5.41, 5.74) is 2.40. The summed E-state index contributed by atoms with van der Waals surface area (Å²) < 4.78 is 11.8. The molecule has 0 heterocycles. The van der Waals surface area contributed by atoms with Gasteiger partial charge in [-0.2, -0.15) is 0 Å². The van der Waals surface area contributed by atoms with Gasteiger partial charge in [-0.15, -0.1) is 0 Å². The number of benzene rings is 2. The van der Waals surface area contributed by atoms with E-state index in [0.29, 0.717) is 16.8 Å². The second-order valence-electron chi connectivity index (χ2n) is 4.97. The number of hydrogen-bond donors (Lipinski definition) is 1. The summed E-state index contributed by atoms with van der Waals surface area (Å²) in [6.07, 6.45) is 0. The maximum atomic E-state index is 11.2. The molecule has 22 heavy (non-hydrogen) atoms. The van der Waals surface area contributed by atoms with Crippen molar-refractivity contribution in [3.8, 4) is 11.5 Å². The lowest BCUT2D eigenvalue weighted by molar-refractivity contribution is 0.0691. The lowest BCUT2D eigenvalue weighted by Crippen LogP contribution is -2.11. The third-order valence-electron chi connectivity index (χ3n) is 2.98. The van der Waals surface area contributed by atoms with E-state index in [1.807, 2.05) is 26.0 Å². The molecule has 2 aromatic carbocycles. The minimum absolute atomic E-state index is 0.126. The first-order chi connectivity index (χ1) is 10.5. The van der Waals surface area contributed by atoms with Gasteiger partial charge in [-0.25, -0.2) is 4.79 Å². The van der Waals surface area contributed by atoms with Crippen LogP contribution in [0.3, 0.4) is 0 Å². The fourth-order valence-corrected chi connectivity index (χ4v) is 2.48. The lowest BCUT2D eigenvalue weighted by atomic mass is 10.1. The number of ether oxygens (including phenoxy) is 2. The molecule has 0 aliphatic heterocycles. The van der Waals surface area contributed by atoms with E-state index in [-0.39, 0.29) is 12.2 Å². The van der Waals surface area contributed by atoms with Crippen LogP contribution < -0.4 is 9.47 Å². The molecule has 0 aromatic heterocycles. The lowest BCUT2D eigenvalue weighted by Gasteiger charge is -2.11. The van der Waals surface area contributed by atoms with Crippen LogP contribution in [0.5, 0.6) is 11.5 Å². The van der Waals surface area contributed by atoms with E-state index < -0.39 is 5.97 Å². The van der Waals surface area contributed by atoms with Crippen molar-refractivity contribution < 1.29 is 19.4 Å². The van der Waals surface area contributed by atoms with E-state index in [2.05, 4.69) is 22.0 Å². The van der Waals surface area contributed by atoms with Gasteiger partial charge in [-0.3, -0.25) is 0 Å². The first kappa shape index (κ1) is 16.4. The number of hydrogen-bond acceptors (Lipinski definition) is 3. The number of rotatable bonds is 6. The topological polar surface area (TPSA) is 55.8 Å². The van der Waals surface area contributed by atoms with Crippen molar-refractivity contribution in [3.05, 3.63) is 57.6 Å². The molecule has 1 N–H and O–H groups in total. The van der Waals surface area contributed by atoms with Crippen LogP contribution in [0.25, 0.3) is 0 Å². The molecule has 0 aliphatic rings. The highest BCUT2D eigenvalue weighted by atomic mass is 79.9. The van der Waals surface area contributed by atoms with Crippen LogP contribution >= 0.6 is 15.9 Å². The summed E-state index contributed by atoms with van der Waals surface area (Å²) in [4.78, 5) is 11.2. The summed E-state index contributed by atoms with van der Waals surface area (Å²) in [6, 6.07) is 10.9. The third kappa shape index (κ3) is 4.49. The molecule has 4 nitrogen and oxygen atoms in total. The zero-order chi connectivity index (χ0) is 16.1. The van der Waals surface area contributed by atoms with Crippen molar-refractivity contribution in [1.29, 1.82) is 0 Å². The maximum Gasteiger partial charge on any atom is 0.339 e. The fraction of sp³-hybridized carbons (Fsp3) is 0.235. The Morgan fingerprint density at radius 2 is 1.68 bits per heavy atom. The molecule has 2 aromatic rings. The Bertz CT molecular complexity index is 662. The Labute approximate surface area is 137 Å². The molecule has 5 heteroatoms. The minimum Gasteiger partial charge on any atom is -0.490 e. The van der Waals surface area contributed by atoms with E-state index in [0.717, 1.165) is 16.9 Å². The average molecular weight is 365 g/mol. The summed E-state index contributed by atoms with van der Waals surface area (Å²) in [7, 11) is 0.